The molecule has 2 aromatic carbocycles. The quantitative estimate of drug-likeness (QED) is 0.520. The van der Waals surface area contributed by atoms with Gasteiger partial charge in [0.15, 0.2) is 0 Å². The molecule has 0 aliphatic heterocycles. The van der Waals surface area contributed by atoms with Crippen molar-refractivity contribution >= 4 is 33.8 Å². The molecule has 5 nitrogen and oxygen atoms in total. The fourth-order valence-electron chi connectivity index (χ4n) is 1.80. The lowest BCUT2D eigenvalue weighted by Crippen LogP contribution is -2.03. The smallest absolute Gasteiger partial charge is 0.269 e. The fourth-order valence-corrected chi connectivity index (χ4v) is 3.37. The summed E-state index contributed by atoms with van der Waals surface area (Å²) in [6.45, 7) is 0. The Bertz CT molecular complexity index is 689. The van der Waals surface area contributed by atoms with Crippen molar-refractivity contribution in [3.63, 3.8) is 0 Å². The van der Waals surface area contributed by atoms with Crippen LogP contribution in [0.1, 0.15) is 5.56 Å². The summed E-state index contributed by atoms with van der Waals surface area (Å²) in [4.78, 5) is 10.6. The number of nitrogens with zero attached hydrogens (tertiary/aromatic N) is 1. The summed E-state index contributed by atoms with van der Waals surface area (Å²) in [6.07, 6.45) is 0.537. The lowest BCUT2D eigenvalue weighted by molar-refractivity contribution is -0.384. The summed E-state index contributed by atoms with van der Waals surface area (Å²) in [5, 5.41) is 11.0. The molecule has 7 heteroatoms. The summed E-state index contributed by atoms with van der Waals surface area (Å²) in [6, 6.07) is 11.1. The number of hydrogen-bond acceptors (Lipinski definition) is 4. The third kappa shape index (κ3) is 4.03. The summed E-state index contributed by atoms with van der Waals surface area (Å²) in [5.74, 6) is 0.376. The van der Waals surface area contributed by atoms with Gasteiger partial charge in [-0.05, 0) is 30.2 Å². The number of non-ortho nitro benzene ring substituents is 1. The monoisotopic (exact) mass is 324 g/mol. The second-order valence-electron chi connectivity index (χ2n) is 4.41. The van der Waals surface area contributed by atoms with Crippen LogP contribution in [0.3, 0.4) is 0 Å². The number of anilines is 1. The Kier molecular flexibility index (Phi) is 4.93. The molecule has 2 N–H and O–H groups in total. The highest BCUT2D eigenvalue weighted by molar-refractivity contribution is 7.85. The van der Waals surface area contributed by atoms with Crippen molar-refractivity contribution in [3.05, 3.63) is 63.2 Å². The van der Waals surface area contributed by atoms with Crippen molar-refractivity contribution in [2.24, 2.45) is 0 Å². The van der Waals surface area contributed by atoms with Crippen LogP contribution in [0.2, 0.25) is 5.02 Å². The van der Waals surface area contributed by atoms with Crippen molar-refractivity contribution in [1.29, 1.82) is 0 Å². The zero-order chi connectivity index (χ0) is 15.4. The fraction of sp³-hybridized carbons (Fsp3) is 0.143. The summed E-state index contributed by atoms with van der Waals surface area (Å²) >= 11 is 6.00. The van der Waals surface area contributed by atoms with E-state index in [1.807, 2.05) is 0 Å². The Labute approximate surface area is 129 Å². The van der Waals surface area contributed by atoms with Crippen molar-refractivity contribution in [2.45, 2.75) is 11.3 Å². The van der Waals surface area contributed by atoms with E-state index < -0.39 is 15.7 Å². The van der Waals surface area contributed by atoms with E-state index in [2.05, 4.69) is 0 Å². The molecule has 0 amide bonds. The van der Waals surface area contributed by atoms with Gasteiger partial charge in [0.1, 0.15) is 0 Å². The topological polar surface area (TPSA) is 86.2 Å². The van der Waals surface area contributed by atoms with Gasteiger partial charge in [-0.2, -0.15) is 0 Å². The number of rotatable bonds is 5. The second-order valence-corrected chi connectivity index (χ2v) is 6.36. The number of nitrogen functional groups attached to an aromatic ring is 1. The molecule has 0 saturated heterocycles. The standard InChI is InChI=1S/C14H13ClN2O3S/c15-13-6-3-11(16)9-14(13)21(20)8-7-10-1-4-12(5-2-10)17(18)19/h1-6,9H,7-8,16H2. The first-order valence-corrected chi connectivity index (χ1v) is 7.84. The first-order valence-electron chi connectivity index (χ1n) is 6.14. The second kappa shape index (κ2) is 6.69. The van der Waals surface area contributed by atoms with Crippen LogP contribution in [0.15, 0.2) is 47.4 Å². The molecular formula is C14H13ClN2O3S. The number of hydrogen-bond donors (Lipinski definition) is 1. The van der Waals surface area contributed by atoms with Crippen LogP contribution < -0.4 is 5.73 Å². The predicted molar refractivity (Wildman–Crippen MR) is 83.9 cm³/mol. The minimum atomic E-state index is -1.27. The van der Waals surface area contributed by atoms with Crippen molar-refractivity contribution in [2.75, 3.05) is 11.5 Å². The summed E-state index contributed by atoms with van der Waals surface area (Å²) in [7, 11) is -1.27. The summed E-state index contributed by atoms with van der Waals surface area (Å²) < 4.78 is 12.2. The third-order valence-corrected chi connectivity index (χ3v) is 4.77. The first-order chi connectivity index (χ1) is 9.97. The number of halogens is 1. The highest BCUT2D eigenvalue weighted by atomic mass is 35.5. The van der Waals surface area contributed by atoms with Crippen molar-refractivity contribution < 1.29 is 9.13 Å². The van der Waals surface area contributed by atoms with Crippen LogP contribution in [-0.4, -0.2) is 14.9 Å². The number of nitro benzene ring substituents is 1. The van der Waals surface area contributed by atoms with Crippen LogP contribution >= 0.6 is 11.6 Å². The zero-order valence-corrected chi connectivity index (χ0v) is 12.6. The molecule has 1 unspecified atom stereocenters. The van der Waals surface area contributed by atoms with Crippen molar-refractivity contribution in [1.82, 2.24) is 0 Å². The van der Waals surface area contributed by atoms with Gasteiger partial charge in [0.2, 0.25) is 0 Å². The molecule has 0 spiro atoms. The average Bonchev–Trinajstić information content (AvgIpc) is 2.47. The Morgan fingerprint density at radius 2 is 1.86 bits per heavy atom. The molecule has 0 bridgehead atoms. The predicted octanol–water partition coefficient (Wildman–Crippen LogP) is 3.18. The molecule has 1 atom stereocenters. The van der Waals surface area contributed by atoms with Gasteiger partial charge in [-0.3, -0.25) is 14.3 Å². The van der Waals surface area contributed by atoms with Crippen molar-refractivity contribution in [3.8, 4) is 0 Å². The Morgan fingerprint density at radius 3 is 2.48 bits per heavy atom. The molecule has 0 aliphatic rings. The van der Waals surface area contributed by atoms with Crippen LogP contribution in [-0.2, 0) is 17.2 Å². The molecule has 0 aromatic heterocycles. The van der Waals surface area contributed by atoms with Gasteiger partial charge < -0.3 is 5.73 Å². The molecule has 2 rings (SSSR count). The number of nitro groups is 1. The van der Waals surface area contributed by atoms with E-state index in [-0.39, 0.29) is 5.69 Å². The molecule has 0 radical (unpaired) electrons. The molecule has 2 aromatic rings. The molecule has 21 heavy (non-hydrogen) atoms. The highest BCUT2D eigenvalue weighted by Gasteiger charge is 2.10. The van der Waals surface area contributed by atoms with Crippen LogP contribution in [0.4, 0.5) is 11.4 Å². The Morgan fingerprint density at radius 1 is 1.19 bits per heavy atom. The van der Waals surface area contributed by atoms with E-state index in [0.717, 1.165) is 5.56 Å². The molecule has 0 aliphatic carbocycles. The van der Waals surface area contributed by atoms with Gasteiger partial charge in [0.05, 0.1) is 25.6 Å². The maximum atomic E-state index is 12.2. The van der Waals surface area contributed by atoms with E-state index >= 15 is 0 Å². The maximum Gasteiger partial charge on any atom is 0.269 e. The van der Waals surface area contributed by atoms with E-state index in [1.54, 1.807) is 30.3 Å². The van der Waals surface area contributed by atoms with Gasteiger partial charge in [-0.15, -0.1) is 0 Å². The van der Waals surface area contributed by atoms with Gasteiger partial charge >= 0.3 is 0 Å². The van der Waals surface area contributed by atoms with E-state index in [9.17, 15) is 14.3 Å². The van der Waals surface area contributed by atoms with Gasteiger partial charge in [-0.1, -0.05) is 23.7 Å². The SMILES string of the molecule is Nc1ccc(Cl)c(S(=O)CCc2ccc([N+](=O)[O-])cc2)c1. The molecule has 0 heterocycles. The Hall–Kier alpha value is -1.92. The van der Waals surface area contributed by atoms with E-state index in [4.69, 9.17) is 17.3 Å². The van der Waals surface area contributed by atoms with E-state index in [1.165, 1.54) is 12.1 Å². The molecule has 0 fully saturated rings. The molecular weight excluding hydrogens is 312 g/mol. The summed E-state index contributed by atoms with van der Waals surface area (Å²) in [5.41, 5.74) is 7.10. The largest absolute Gasteiger partial charge is 0.399 e. The lowest BCUT2D eigenvalue weighted by atomic mass is 10.1. The number of benzene rings is 2. The third-order valence-electron chi connectivity index (χ3n) is 2.92. The van der Waals surface area contributed by atoms with Crippen LogP contribution in [0.25, 0.3) is 0 Å². The molecule has 0 saturated carbocycles. The minimum Gasteiger partial charge on any atom is -0.399 e. The Balaban J connectivity index is 2.04. The number of aryl methyl sites for hydroxylation is 1. The van der Waals surface area contributed by atoms with Gasteiger partial charge in [0, 0.05) is 23.6 Å². The lowest BCUT2D eigenvalue weighted by Gasteiger charge is -2.06. The normalized spacial score (nSPS) is 12.0. The van der Waals surface area contributed by atoms with Crippen LogP contribution in [0.5, 0.6) is 0 Å². The van der Waals surface area contributed by atoms with Gasteiger partial charge in [-0.25, -0.2) is 0 Å². The minimum absolute atomic E-state index is 0.0405. The zero-order valence-electron chi connectivity index (χ0n) is 11.0. The maximum absolute atomic E-state index is 12.2. The first kappa shape index (κ1) is 15.5. The average molecular weight is 325 g/mol. The number of nitrogens with two attached hydrogens (primary N) is 1. The van der Waals surface area contributed by atoms with Gasteiger partial charge in [0.25, 0.3) is 5.69 Å². The van der Waals surface area contributed by atoms with Crippen LogP contribution in [0, 0.1) is 10.1 Å². The highest BCUT2D eigenvalue weighted by Crippen LogP contribution is 2.23. The molecule has 110 valence electrons. The van der Waals surface area contributed by atoms with E-state index in [0.29, 0.717) is 27.8 Å².